The third kappa shape index (κ3) is 4.57. The number of nitrogens with one attached hydrogen (secondary N) is 1. The molecular weight excluding hydrogens is 394 g/mol. The first-order valence-electron chi connectivity index (χ1n) is 10.5. The fourth-order valence-electron chi connectivity index (χ4n) is 3.99. The molecule has 0 bridgehead atoms. The molecule has 0 spiro atoms. The third-order valence-electron chi connectivity index (χ3n) is 5.69. The lowest BCUT2D eigenvalue weighted by Gasteiger charge is -2.07. The van der Waals surface area contributed by atoms with Gasteiger partial charge in [0.05, 0.1) is 5.25 Å². The van der Waals surface area contributed by atoms with E-state index >= 15 is 0 Å². The van der Waals surface area contributed by atoms with Crippen LogP contribution in [0.4, 0.5) is 4.79 Å². The van der Waals surface area contributed by atoms with Gasteiger partial charge >= 0.3 is 0 Å². The lowest BCUT2D eigenvalue weighted by atomic mass is 9.99. The Bertz CT molecular complexity index is 1020. The lowest BCUT2D eigenvalue weighted by Crippen LogP contribution is -2.25. The van der Waals surface area contributed by atoms with Crippen LogP contribution in [0.3, 0.4) is 0 Å². The van der Waals surface area contributed by atoms with E-state index in [1.165, 1.54) is 24.8 Å². The normalized spacial score (nSPS) is 17.6. The van der Waals surface area contributed by atoms with Crippen LogP contribution in [0.15, 0.2) is 48.0 Å². The Hall–Kier alpha value is -2.66. The molecule has 2 amide bonds. The Morgan fingerprint density at radius 3 is 2.53 bits per heavy atom. The molecule has 154 valence electrons. The second-order valence-corrected chi connectivity index (χ2v) is 9.13. The second-order valence-electron chi connectivity index (χ2n) is 7.95. The third-order valence-corrected chi connectivity index (χ3v) is 6.67. The minimum Gasteiger partial charge on any atom is -0.289 e. The summed E-state index contributed by atoms with van der Waals surface area (Å²) in [6.45, 7) is 2.20. The van der Waals surface area contributed by atoms with Crippen molar-refractivity contribution in [2.45, 2.75) is 50.7 Å². The Morgan fingerprint density at radius 1 is 1.07 bits per heavy atom. The molecule has 0 aromatic heterocycles. The molecule has 2 aliphatic rings. The van der Waals surface area contributed by atoms with Gasteiger partial charge in [-0.25, -0.2) is 0 Å². The van der Waals surface area contributed by atoms with Crippen LogP contribution in [-0.2, 0) is 24.1 Å². The number of unbranched alkanes of at least 4 members (excludes halogenated alkanes) is 2. The van der Waals surface area contributed by atoms with E-state index in [4.69, 9.17) is 0 Å². The number of Topliss-reactive ketones (excluding diaryl/α,β-unsaturated/α-hetero) is 1. The van der Waals surface area contributed by atoms with Crippen molar-refractivity contribution in [1.29, 1.82) is 0 Å². The number of benzene rings is 2. The quantitative estimate of drug-likeness (QED) is 0.476. The predicted molar refractivity (Wildman–Crippen MR) is 121 cm³/mol. The van der Waals surface area contributed by atoms with Gasteiger partial charge in [-0.3, -0.25) is 19.7 Å². The van der Waals surface area contributed by atoms with Gasteiger partial charge in [0.15, 0.2) is 5.78 Å². The first kappa shape index (κ1) is 20.6. The molecule has 0 radical (unpaired) electrons. The number of rotatable bonds is 8. The SMILES string of the molecule is CCCCCc1ccc(C(=O)C2=Cc3cc(CC4SC(=O)NC4=O)ccc3C2)cc1. The van der Waals surface area contributed by atoms with E-state index in [0.717, 1.165) is 46.0 Å². The van der Waals surface area contributed by atoms with E-state index in [0.29, 0.717) is 12.8 Å². The van der Waals surface area contributed by atoms with E-state index in [-0.39, 0.29) is 22.2 Å². The first-order valence-corrected chi connectivity index (χ1v) is 11.4. The topological polar surface area (TPSA) is 63.2 Å². The zero-order valence-electron chi connectivity index (χ0n) is 17.1. The monoisotopic (exact) mass is 419 g/mol. The summed E-state index contributed by atoms with van der Waals surface area (Å²) < 4.78 is 0. The largest absolute Gasteiger partial charge is 0.289 e. The molecule has 1 aliphatic heterocycles. The number of carbonyl (C=O) groups is 3. The summed E-state index contributed by atoms with van der Waals surface area (Å²) in [5.41, 5.74) is 5.95. The molecular formula is C25H25NO3S. The summed E-state index contributed by atoms with van der Waals surface area (Å²) in [5, 5.41) is 1.67. The maximum absolute atomic E-state index is 13.0. The standard InChI is InChI=1S/C25H25NO3S/c1-2-3-4-5-16-6-9-18(10-7-16)23(27)21-14-19-11-8-17(12-20(19)15-21)13-22-24(28)26-25(29)30-22/h6-12,15,22H,2-5,13-14H2,1H3,(H,26,28,29). The number of aryl methyl sites for hydroxylation is 1. The van der Waals surface area contributed by atoms with Gasteiger partial charge in [0.25, 0.3) is 5.24 Å². The molecule has 2 aromatic carbocycles. The van der Waals surface area contributed by atoms with E-state index in [1.54, 1.807) is 0 Å². The zero-order chi connectivity index (χ0) is 21.1. The van der Waals surface area contributed by atoms with Crippen LogP contribution in [0, 0.1) is 0 Å². The van der Waals surface area contributed by atoms with Crippen LogP contribution in [0.1, 0.15) is 58.8 Å². The molecule has 1 fully saturated rings. The van der Waals surface area contributed by atoms with Crippen molar-refractivity contribution < 1.29 is 14.4 Å². The number of thioether (sulfide) groups is 1. The van der Waals surface area contributed by atoms with Crippen molar-refractivity contribution in [3.63, 3.8) is 0 Å². The first-order chi connectivity index (χ1) is 14.5. The number of allylic oxidation sites excluding steroid dienone is 1. The van der Waals surface area contributed by atoms with Crippen LogP contribution >= 0.6 is 11.8 Å². The van der Waals surface area contributed by atoms with Gasteiger partial charge in [0, 0.05) is 17.6 Å². The predicted octanol–water partition coefficient (Wildman–Crippen LogP) is 5.14. The van der Waals surface area contributed by atoms with E-state index in [1.807, 2.05) is 36.4 Å². The Kier molecular flexibility index (Phi) is 6.18. The number of amides is 2. The maximum atomic E-state index is 13.0. The van der Waals surface area contributed by atoms with Gasteiger partial charge in [-0.05, 0) is 47.6 Å². The van der Waals surface area contributed by atoms with Crippen LogP contribution < -0.4 is 5.32 Å². The van der Waals surface area contributed by atoms with Gasteiger partial charge in [0.1, 0.15) is 0 Å². The van der Waals surface area contributed by atoms with Crippen molar-refractivity contribution >= 4 is 34.8 Å². The van der Waals surface area contributed by atoms with E-state index < -0.39 is 0 Å². The summed E-state index contributed by atoms with van der Waals surface area (Å²) in [6.07, 6.45) is 7.77. The van der Waals surface area contributed by atoms with Crippen molar-refractivity contribution in [3.05, 3.63) is 75.9 Å². The molecule has 1 N–H and O–H groups in total. The van der Waals surface area contributed by atoms with Crippen LogP contribution in [-0.4, -0.2) is 22.2 Å². The summed E-state index contributed by atoms with van der Waals surface area (Å²) >= 11 is 1.04. The summed E-state index contributed by atoms with van der Waals surface area (Å²) in [5.74, 6) is -0.153. The van der Waals surface area contributed by atoms with Crippen molar-refractivity contribution in [2.24, 2.45) is 0 Å². The molecule has 2 aromatic rings. The molecule has 1 aliphatic carbocycles. The average molecular weight is 420 g/mol. The average Bonchev–Trinajstić information content (AvgIpc) is 3.30. The van der Waals surface area contributed by atoms with Crippen molar-refractivity contribution in [2.75, 3.05) is 0 Å². The zero-order valence-corrected chi connectivity index (χ0v) is 17.9. The van der Waals surface area contributed by atoms with Crippen molar-refractivity contribution in [3.8, 4) is 0 Å². The Labute approximate surface area is 181 Å². The number of hydrogen-bond acceptors (Lipinski definition) is 4. The van der Waals surface area contributed by atoms with Crippen molar-refractivity contribution in [1.82, 2.24) is 5.32 Å². The lowest BCUT2D eigenvalue weighted by molar-refractivity contribution is -0.118. The van der Waals surface area contributed by atoms with Gasteiger partial charge in [-0.1, -0.05) is 74.0 Å². The van der Waals surface area contributed by atoms with Crippen LogP contribution in [0.5, 0.6) is 0 Å². The molecule has 1 atom stereocenters. The number of hydrogen-bond donors (Lipinski definition) is 1. The maximum Gasteiger partial charge on any atom is 0.286 e. The summed E-state index contributed by atoms with van der Waals surface area (Å²) in [6, 6.07) is 14.0. The molecule has 0 saturated carbocycles. The highest BCUT2D eigenvalue weighted by molar-refractivity contribution is 8.15. The fraction of sp³-hybridized carbons (Fsp3) is 0.320. The Balaban J connectivity index is 1.43. The van der Waals surface area contributed by atoms with Gasteiger partial charge in [-0.2, -0.15) is 0 Å². The van der Waals surface area contributed by atoms with Gasteiger partial charge in [0.2, 0.25) is 5.91 Å². The van der Waals surface area contributed by atoms with Gasteiger partial charge in [-0.15, -0.1) is 0 Å². The number of imide groups is 1. The Morgan fingerprint density at radius 2 is 1.83 bits per heavy atom. The number of carbonyl (C=O) groups excluding carboxylic acids is 3. The molecule has 4 nitrogen and oxygen atoms in total. The minimum atomic E-state index is -0.377. The molecule has 1 heterocycles. The number of fused-ring (bicyclic) bond motifs is 1. The number of ketones is 1. The molecule has 5 heteroatoms. The van der Waals surface area contributed by atoms with Crippen LogP contribution in [0.2, 0.25) is 0 Å². The molecule has 1 unspecified atom stereocenters. The molecule has 30 heavy (non-hydrogen) atoms. The van der Waals surface area contributed by atoms with E-state index in [9.17, 15) is 14.4 Å². The van der Waals surface area contributed by atoms with Crippen LogP contribution in [0.25, 0.3) is 6.08 Å². The fourth-order valence-corrected chi connectivity index (χ4v) is 4.85. The molecule has 4 rings (SSSR count). The summed E-state index contributed by atoms with van der Waals surface area (Å²) in [4.78, 5) is 36.1. The minimum absolute atomic E-state index is 0.0733. The highest BCUT2D eigenvalue weighted by Gasteiger charge is 2.31. The summed E-state index contributed by atoms with van der Waals surface area (Å²) in [7, 11) is 0. The second kappa shape index (κ2) is 9.00. The highest BCUT2D eigenvalue weighted by Crippen LogP contribution is 2.30. The molecule has 1 saturated heterocycles. The smallest absolute Gasteiger partial charge is 0.286 e. The van der Waals surface area contributed by atoms with E-state index in [2.05, 4.69) is 24.4 Å². The highest BCUT2D eigenvalue weighted by atomic mass is 32.2. The van der Waals surface area contributed by atoms with Gasteiger partial charge < -0.3 is 0 Å².